The van der Waals surface area contributed by atoms with Crippen LogP contribution in [0.3, 0.4) is 0 Å². The first kappa shape index (κ1) is 16.5. The molecule has 3 rings (SSSR count). The number of hydrogen-bond acceptors (Lipinski definition) is 4. The van der Waals surface area contributed by atoms with Gasteiger partial charge in [0.2, 0.25) is 5.91 Å². The second kappa shape index (κ2) is 6.61. The number of benzene rings is 1. The van der Waals surface area contributed by atoms with Crippen molar-refractivity contribution in [2.24, 2.45) is 5.92 Å². The zero-order valence-corrected chi connectivity index (χ0v) is 14.2. The van der Waals surface area contributed by atoms with Crippen molar-refractivity contribution in [3.8, 4) is 0 Å². The van der Waals surface area contributed by atoms with E-state index in [2.05, 4.69) is 0 Å². The average molecular weight is 337 g/mol. The van der Waals surface area contributed by atoms with E-state index in [1.807, 2.05) is 30.3 Å². The van der Waals surface area contributed by atoms with Crippen LogP contribution in [0.4, 0.5) is 0 Å². The molecule has 1 saturated carbocycles. The van der Waals surface area contributed by atoms with Crippen molar-refractivity contribution in [1.82, 2.24) is 4.90 Å². The Morgan fingerprint density at radius 1 is 1.13 bits per heavy atom. The van der Waals surface area contributed by atoms with Crippen molar-refractivity contribution < 1.29 is 17.9 Å². The predicted molar refractivity (Wildman–Crippen MR) is 87.9 cm³/mol. The van der Waals surface area contributed by atoms with E-state index < -0.39 is 21.0 Å². The molecule has 23 heavy (non-hydrogen) atoms. The molecular weight excluding hydrogens is 314 g/mol. The van der Waals surface area contributed by atoms with Crippen LogP contribution in [0.2, 0.25) is 0 Å². The van der Waals surface area contributed by atoms with Crippen LogP contribution in [-0.4, -0.2) is 57.0 Å². The second-order valence-corrected chi connectivity index (χ2v) is 8.76. The van der Waals surface area contributed by atoms with Crippen molar-refractivity contribution in [3.63, 3.8) is 0 Å². The van der Waals surface area contributed by atoms with Crippen LogP contribution in [0.25, 0.3) is 0 Å². The minimum absolute atomic E-state index is 0.0258. The van der Waals surface area contributed by atoms with Gasteiger partial charge in [0.15, 0.2) is 9.84 Å². The van der Waals surface area contributed by atoms with Crippen LogP contribution in [0.1, 0.15) is 24.3 Å². The maximum Gasteiger partial charge on any atom is 0.227 e. The van der Waals surface area contributed by atoms with Gasteiger partial charge in [0.1, 0.15) is 0 Å². The summed E-state index contributed by atoms with van der Waals surface area (Å²) in [4.78, 5) is 14.6. The van der Waals surface area contributed by atoms with Gasteiger partial charge in [-0.2, -0.15) is 0 Å². The van der Waals surface area contributed by atoms with Crippen LogP contribution in [-0.2, 0) is 19.4 Å². The molecule has 1 heterocycles. The number of sulfone groups is 1. The molecule has 1 saturated heterocycles. The molecule has 3 atom stereocenters. The number of hydrogen-bond donors (Lipinski definition) is 0. The molecule has 0 unspecified atom stereocenters. The van der Waals surface area contributed by atoms with Crippen LogP contribution >= 0.6 is 0 Å². The summed E-state index contributed by atoms with van der Waals surface area (Å²) in [6.07, 6.45) is 2.40. The lowest BCUT2D eigenvalue weighted by molar-refractivity contribution is -0.139. The topological polar surface area (TPSA) is 63.7 Å². The fourth-order valence-corrected chi connectivity index (χ4v) is 5.15. The number of morpholine rings is 1. The molecule has 0 bridgehead atoms. The number of nitrogens with zero attached hydrogens (tertiary/aromatic N) is 1. The Balaban J connectivity index is 1.83. The van der Waals surface area contributed by atoms with Gasteiger partial charge in [-0.3, -0.25) is 4.79 Å². The minimum Gasteiger partial charge on any atom is -0.378 e. The predicted octanol–water partition coefficient (Wildman–Crippen LogP) is 1.45. The molecule has 0 aromatic heterocycles. The maximum atomic E-state index is 12.8. The third-order valence-electron chi connectivity index (χ3n) is 4.96. The molecule has 1 amide bonds. The smallest absolute Gasteiger partial charge is 0.227 e. The zero-order chi connectivity index (χ0) is 16.4. The van der Waals surface area contributed by atoms with Gasteiger partial charge in [-0.25, -0.2) is 8.42 Å². The Hall–Kier alpha value is -1.40. The third kappa shape index (κ3) is 3.58. The van der Waals surface area contributed by atoms with E-state index in [0.29, 0.717) is 39.1 Å². The summed E-state index contributed by atoms with van der Waals surface area (Å²) in [6, 6.07) is 9.91. The lowest BCUT2D eigenvalue weighted by Gasteiger charge is -2.30. The largest absolute Gasteiger partial charge is 0.378 e. The van der Waals surface area contributed by atoms with E-state index in [1.165, 1.54) is 6.26 Å². The molecule has 5 nitrogen and oxygen atoms in total. The Kier molecular flexibility index (Phi) is 4.73. The molecule has 1 aliphatic carbocycles. The van der Waals surface area contributed by atoms with Crippen molar-refractivity contribution in [1.29, 1.82) is 0 Å². The quantitative estimate of drug-likeness (QED) is 0.837. The first-order valence-corrected chi connectivity index (χ1v) is 10.0. The standard InChI is InChI=1S/C17H23NO4S/c1-23(20,21)16-12-14(13-5-3-2-4-6-13)11-15(16)17(19)18-7-9-22-10-8-18/h2-6,14-16H,7-12H2,1H3/t14-,15+,16-/m1/s1. The molecule has 1 aliphatic heterocycles. The SMILES string of the molecule is CS(=O)(=O)[C@@H]1C[C@H](c2ccccc2)C[C@@H]1C(=O)N1CCOCC1. The highest BCUT2D eigenvalue weighted by molar-refractivity contribution is 7.91. The Labute approximate surface area is 137 Å². The normalized spacial score (nSPS) is 28.7. The van der Waals surface area contributed by atoms with Crippen molar-refractivity contribution in [3.05, 3.63) is 35.9 Å². The Bertz CT molecular complexity index is 652. The van der Waals surface area contributed by atoms with Gasteiger partial charge in [-0.15, -0.1) is 0 Å². The summed E-state index contributed by atoms with van der Waals surface area (Å²) in [5.74, 6) is -0.332. The molecule has 0 spiro atoms. The van der Waals surface area contributed by atoms with E-state index in [4.69, 9.17) is 4.74 Å². The number of ether oxygens (including phenoxy) is 1. The van der Waals surface area contributed by atoms with Crippen molar-refractivity contribution in [2.75, 3.05) is 32.6 Å². The molecule has 1 aromatic rings. The molecule has 2 fully saturated rings. The highest BCUT2D eigenvalue weighted by Gasteiger charge is 2.45. The van der Waals surface area contributed by atoms with E-state index in [0.717, 1.165) is 5.56 Å². The molecule has 1 aromatic carbocycles. The van der Waals surface area contributed by atoms with Gasteiger partial charge in [-0.1, -0.05) is 30.3 Å². The third-order valence-corrected chi connectivity index (χ3v) is 6.59. The lowest BCUT2D eigenvalue weighted by Crippen LogP contribution is -2.46. The highest BCUT2D eigenvalue weighted by Crippen LogP contribution is 2.42. The summed E-state index contributed by atoms with van der Waals surface area (Å²) in [5.41, 5.74) is 1.12. The number of amides is 1. The van der Waals surface area contributed by atoms with E-state index in [-0.39, 0.29) is 11.8 Å². The first-order valence-electron chi connectivity index (χ1n) is 8.07. The Morgan fingerprint density at radius 2 is 1.78 bits per heavy atom. The molecule has 0 N–H and O–H groups in total. The second-order valence-electron chi connectivity index (χ2n) is 6.49. The maximum absolute atomic E-state index is 12.8. The lowest BCUT2D eigenvalue weighted by atomic mass is 9.96. The van der Waals surface area contributed by atoms with Crippen LogP contribution in [0, 0.1) is 5.92 Å². The van der Waals surface area contributed by atoms with E-state index in [9.17, 15) is 13.2 Å². The number of carbonyl (C=O) groups excluding carboxylic acids is 1. The van der Waals surface area contributed by atoms with Crippen LogP contribution in [0.5, 0.6) is 0 Å². The number of rotatable bonds is 3. The van der Waals surface area contributed by atoms with Gasteiger partial charge < -0.3 is 9.64 Å². The fraction of sp³-hybridized carbons (Fsp3) is 0.588. The minimum atomic E-state index is -3.26. The van der Waals surface area contributed by atoms with E-state index >= 15 is 0 Å². The molecular formula is C17H23NO4S. The van der Waals surface area contributed by atoms with Gasteiger partial charge in [-0.05, 0) is 24.3 Å². The van der Waals surface area contributed by atoms with Gasteiger partial charge in [0, 0.05) is 19.3 Å². The molecule has 126 valence electrons. The zero-order valence-electron chi connectivity index (χ0n) is 13.3. The van der Waals surface area contributed by atoms with Gasteiger partial charge in [0.05, 0.1) is 24.4 Å². The summed E-state index contributed by atoms with van der Waals surface area (Å²) in [5, 5.41) is -0.581. The first-order chi connectivity index (χ1) is 11.0. The van der Waals surface area contributed by atoms with Crippen LogP contribution < -0.4 is 0 Å². The molecule has 0 radical (unpaired) electrons. The Morgan fingerprint density at radius 3 is 2.39 bits per heavy atom. The van der Waals surface area contributed by atoms with Gasteiger partial charge in [0.25, 0.3) is 0 Å². The molecule has 2 aliphatic rings. The summed E-state index contributed by atoms with van der Waals surface area (Å²) in [7, 11) is -3.26. The van der Waals surface area contributed by atoms with E-state index in [1.54, 1.807) is 4.90 Å². The summed E-state index contributed by atoms with van der Waals surface area (Å²) >= 11 is 0. The fourth-order valence-electron chi connectivity index (χ4n) is 3.75. The summed E-state index contributed by atoms with van der Waals surface area (Å²) in [6.45, 7) is 2.18. The van der Waals surface area contributed by atoms with Crippen LogP contribution in [0.15, 0.2) is 30.3 Å². The average Bonchev–Trinajstić information content (AvgIpc) is 3.01. The summed E-state index contributed by atoms with van der Waals surface area (Å²) < 4.78 is 29.7. The monoisotopic (exact) mass is 337 g/mol. The van der Waals surface area contributed by atoms with Crippen molar-refractivity contribution in [2.45, 2.75) is 24.0 Å². The molecule has 6 heteroatoms. The highest BCUT2D eigenvalue weighted by atomic mass is 32.2. The van der Waals surface area contributed by atoms with Gasteiger partial charge >= 0.3 is 0 Å². The van der Waals surface area contributed by atoms with Crippen molar-refractivity contribution >= 4 is 15.7 Å². The number of carbonyl (C=O) groups is 1.